The summed E-state index contributed by atoms with van der Waals surface area (Å²) >= 11 is 1.04. The maximum atomic E-state index is 11.3. The van der Waals surface area contributed by atoms with Crippen LogP contribution in [0.25, 0.3) is 11.2 Å². The number of fused-ring (bicyclic) bond motifs is 1. The molecule has 3 aromatic heterocycles. The topological polar surface area (TPSA) is 127 Å². The van der Waals surface area contributed by atoms with E-state index in [1.54, 1.807) is 20.4 Å². The number of hydrogen-bond donors (Lipinski definition) is 3. The van der Waals surface area contributed by atoms with E-state index < -0.39 is 5.97 Å². The summed E-state index contributed by atoms with van der Waals surface area (Å²) in [5.74, 6) is 0.742. The van der Waals surface area contributed by atoms with Crippen LogP contribution in [0.1, 0.15) is 33.4 Å². The summed E-state index contributed by atoms with van der Waals surface area (Å²) in [5, 5.41) is 16.1. The van der Waals surface area contributed by atoms with Gasteiger partial charge < -0.3 is 19.7 Å². The Labute approximate surface area is 188 Å². The Bertz CT molecular complexity index is 1300. The number of imidazole rings is 1. The van der Waals surface area contributed by atoms with Crippen LogP contribution in [0.15, 0.2) is 24.5 Å². The molecule has 4 aromatic rings. The number of ether oxygens (including phenoxy) is 1. The number of benzene rings is 1. The van der Waals surface area contributed by atoms with E-state index in [0.29, 0.717) is 28.8 Å². The van der Waals surface area contributed by atoms with Crippen LogP contribution in [0.2, 0.25) is 0 Å². The molecule has 0 unspecified atom stereocenters. The van der Waals surface area contributed by atoms with Crippen molar-refractivity contribution in [3.05, 3.63) is 46.2 Å². The molecule has 1 aromatic carbocycles. The number of nitrogens with one attached hydrogen (secondary N) is 2. The molecule has 0 aliphatic heterocycles. The minimum absolute atomic E-state index is 0.178. The predicted molar refractivity (Wildman–Crippen MR) is 123 cm³/mol. The fraction of sp³-hybridized carbons (Fsp3) is 0.286. The number of aromatic nitrogens is 5. The Morgan fingerprint density at radius 1 is 1.25 bits per heavy atom. The van der Waals surface area contributed by atoms with Gasteiger partial charge in [-0.2, -0.15) is 9.97 Å². The van der Waals surface area contributed by atoms with Crippen LogP contribution in [0.3, 0.4) is 0 Å². The van der Waals surface area contributed by atoms with Crippen LogP contribution >= 0.6 is 11.3 Å². The SMILES string of the molecule is CCn1cnc2nc(Nc3nc(C)c(C(=O)O)s3)nc(NCc3ccc(OC)c(C)c3)c21. The molecular formula is C21H23N7O3S. The lowest BCUT2D eigenvalue weighted by molar-refractivity contribution is 0.0701. The second-order valence-electron chi connectivity index (χ2n) is 7.12. The molecule has 0 aliphatic carbocycles. The molecule has 0 saturated heterocycles. The van der Waals surface area contributed by atoms with Crippen LogP contribution in [0.4, 0.5) is 16.9 Å². The highest BCUT2D eigenvalue weighted by atomic mass is 32.1. The number of anilines is 3. The average Bonchev–Trinajstić information content (AvgIpc) is 3.35. The lowest BCUT2D eigenvalue weighted by atomic mass is 10.1. The molecule has 0 saturated carbocycles. The van der Waals surface area contributed by atoms with Crippen LogP contribution in [-0.4, -0.2) is 42.7 Å². The van der Waals surface area contributed by atoms with Crippen molar-refractivity contribution >= 4 is 45.4 Å². The molecule has 166 valence electrons. The zero-order valence-corrected chi connectivity index (χ0v) is 18.9. The Morgan fingerprint density at radius 2 is 2.06 bits per heavy atom. The van der Waals surface area contributed by atoms with E-state index >= 15 is 0 Å². The van der Waals surface area contributed by atoms with Crippen molar-refractivity contribution in [3.63, 3.8) is 0 Å². The molecule has 0 spiro atoms. The first-order valence-electron chi connectivity index (χ1n) is 9.97. The molecular weight excluding hydrogens is 430 g/mol. The molecule has 0 fully saturated rings. The lowest BCUT2D eigenvalue weighted by Gasteiger charge is -2.12. The fourth-order valence-electron chi connectivity index (χ4n) is 3.38. The Kier molecular flexibility index (Phi) is 5.91. The predicted octanol–water partition coefficient (Wildman–Crippen LogP) is 3.98. The van der Waals surface area contributed by atoms with Gasteiger partial charge in [-0.1, -0.05) is 23.5 Å². The highest BCUT2D eigenvalue weighted by molar-refractivity contribution is 7.17. The highest BCUT2D eigenvalue weighted by Crippen LogP contribution is 2.28. The van der Waals surface area contributed by atoms with Gasteiger partial charge in [0.05, 0.1) is 19.1 Å². The van der Waals surface area contributed by atoms with E-state index in [-0.39, 0.29) is 10.8 Å². The quantitative estimate of drug-likeness (QED) is 0.363. The molecule has 0 radical (unpaired) electrons. The zero-order valence-electron chi connectivity index (χ0n) is 18.1. The minimum Gasteiger partial charge on any atom is -0.496 e. The molecule has 11 heteroatoms. The third kappa shape index (κ3) is 4.19. The van der Waals surface area contributed by atoms with Gasteiger partial charge in [0.15, 0.2) is 16.6 Å². The maximum Gasteiger partial charge on any atom is 0.347 e. The molecule has 0 aliphatic rings. The van der Waals surface area contributed by atoms with E-state index in [0.717, 1.165) is 40.3 Å². The van der Waals surface area contributed by atoms with Crippen molar-refractivity contribution < 1.29 is 14.6 Å². The van der Waals surface area contributed by atoms with E-state index in [4.69, 9.17) is 4.74 Å². The molecule has 0 amide bonds. The van der Waals surface area contributed by atoms with Gasteiger partial charge in [0.1, 0.15) is 16.1 Å². The van der Waals surface area contributed by atoms with Crippen molar-refractivity contribution in [1.82, 2.24) is 24.5 Å². The summed E-state index contributed by atoms with van der Waals surface area (Å²) < 4.78 is 7.30. The van der Waals surface area contributed by atoms with Crippen LogP contribution < -0.4 is 15.4 Å². The number of carboxylic acid groups (broad SMARTS) is 1. The van der Waals surface area contributed by atoms with Gasteiger partial charge >= 0.3 is 5.97 Å². The number of thiazole rings is 1. The van der Waals surface area contributed by atoms with Gasteiger partial charge in [-0.3, -0.25) is 5.32 Å². The Hall–Kier alpha value is -3.73. The highest BCUT2D eigenvalue weighted by Gasteiger charge is 2.17. The summed E-state index contributed by atoms with van der Waals surface area (Å²) in [6, 6.07) is 6.00. The van der Waals surface area contributed by atoms with Crippen molar-refractivity contribution in [2.45, 2.75) is 33.9 Å². The molecule has 3 heterocycles. The summed E-state index contributed by atoms with van der Waals surface area (Å²) in [5.41, 5.74) is 3.90. The van der Waals surface area contributed by atoms with Gasteiger partial charge in [-0.05, 0) is 38.0 Å². The standard InChI is InChI=1S/C21H23N7O3S/c1-5-28-10-23-18-15(28)17(22-9-13-6-7-14(31-4)11(2)8-13)25-20(26-18)27-21-24-12(3)16(32-21)19(29)30/h6-8,10H,5,9H2,1-4H3,(H,29,30)(H2,22,24,25,26,27). The third-order valence-electron chi connectivity index (χ3n) is 4.94. The number of carbonyl (C=O) groups is 1. The summed E-state index contributed by atoms with van der Waals surface area (Å²) in [6.45, 7) is 6.94. The number of rotatable bonds is 8. The monoisotopic (exact) mass is 453 g/mol. The molecule has 3 N–H and O–H groups in total. The van der Waals surface area contributed by atoms with Crippen LogP contribution in [0, 0.1) is 13.8 Å². The molecule has 0 atom stereocenters. The van der Waals surface area contributed by atoms with Gasteiger partial charge in [-0.15, -0.1) is 0 Å². The first-order valence-corrected chi connectivity index (χ1v) is 10.8. The van der Waals surface area contributed by atoms with Crippen molar-refractivity contribution in [2.24, 2.45) is 0 Å². The number of nitrogens with zero attached hydrogens (tertiary/aromatic N) is 5. The molecule has 4 rings (SSSR count). The molecule has 10 nitrogen and oxygen atoms in total. The molecule has 32 heavy (non-hydrogen) atoms. The van der Waals surface area contributed by atoms with Gasteiger partial charge in [0.2, 0.25) is 5.95 Å². The smallest absolute Gasteiger partial charge is 0.347 e. The van der Waals surface area contributed by atoms with Gasteiger partial charge in [0, 0.05) is 13.1 Å². The number of hydrogen-bond acceptors (Lipinski definition) is 9. The van der Waals surface area contributed by atoms with Crippen LogP contribution in [0.5, 0.6) is 5.75 Å². The number of aryl methyl sites for hydroxylation is 3. The first-order chi connectivity index (χ1) is 15.4. The number of methoxy groups -OCH3 is 1. The summed E-state index contributed by atoms with van der Waals surface area (Å²) in [7, 11) is 1.65. The summed E-state index contributed by atoms with van der Waals surface area (Å²) in [6.07, 6.45) is 1.72. The van der Waals surface area contributed by atoms with E-state index in [9.17, 15) is 9.90 Å². The van der Waals surface area contributed by atoms with Crippen molar-refractivity contribution in [2.75, 3.05) is 17.7 Å². The van der Waals surface area contributed by atoms with E-state index in [2.05, 4.69) is 36.6 Å². The largest absolute Gasteiger partial charge is 0.496 e. The number of carboxylic acids is 1. The Morgan fingerprint density at radius 3 is 2.72 bits per heavy atom. The number of aromatic carboxylic acids is 1. The molecule has 0 bridgehead atoms. The Balaban J connectivity index is 1.65. The zero-order chi connectivity index (χ0) is 22.8. The summed E-state index contributed by atoms with van der Waals surface area (Å²) in [4.78, 5) is 29.3. The van der Waals surface area contributed by atoms with E-state index in [1.807, 2.05) is 30.5 Å². The van der Waals surface area contributed by atoms with Crippen LogP contribution in [-0.2, 0) is 13.1 Å². The maximum absolute atomic E-state index is 11.3. The van der Waals surface area contributed by atoms with E-state index in [1.165, 1.54) is 0 Å². The van der Waals surface area contributed by atoms with Gasteiger partial charge in [0.25, 0.3) is 0 Å². The van der Waals surface area contributed by atoms with Crippen molar-refractivity contribution in [3.8, 4) is 5.75 Å². The second-order valence-corrected chi connectivity index (χ2v) is 8.12. The third-order valence-corrected chi connectivity index (χ3v) is 6.00. The first kappa shape index (κ1) is 21.5. The normalized spacial score (nSPS) is 11.0. The lowest BCUT2D eigenvalue weighted by Crippen LogP contribution is -2.07. The fourth-order valence-corrected chi connectivity index (χ4v) is 4.18. The average molecular weight is 454 g/mol. The minimum atomic E-state index is -1.01. The van der Waals surface area contributed by atoms with Gasteiger partial charge in [-0.25, -0.2) is 14.8 Å². The second kappa shape index (κ2) is 8.79. The van der Waals surface area contributed by atoms with Crippen molar-refractivity contribution in [1.29, 1.82) is 0 Å².